The number of amides is 1. The number of halogens is 1. The van der Waals surface area contributed by atoms with Crippen LogP contribution in [0.25, 0.3) is 0 Å². The maximum Gasteiger partial charge on any atom is 0.246 e. The Morgan fingerprint density at radius 3 is 2.64 bits per heavy atom. The molecule has 0 bridgehead atoms. The Labute approximate surface area is 188 Å². The standard InChI is InChI=1S/C21H24N4OS.HI/c1-3-17-9-8-10-18(15-17)25-20(26)16-24-21(22-4-2)23-13-14-27-19-11-6-5-7-12-19;/h1,5-12,15H,4,13-14,16H2,2H3,(H,25,26)(H2,22,23,24);1H. The Kier molecular flexibility index (Phi) is 11.9. The molecule has 2 aromatic rings. The molecule has 2 rings (SSSR count). The average molecular weight is 508 g/mol. The van der Waals surface area contributed by atoms with Gasteiger partial charge < -0.3 is 16.0 Å². The summed E-state index contributed by atoms with van der Waals surface area (Å²) in [5.74, 6) is 3.88. The van der Waals surface area contributed by atoms with Crippen molar-refractivity contribution in [2.75, 3.05) is 30.7 Å². The van der Waals surface area contributed by atoms with Gasteiger partial charge in [-0.2, -0.15) is 0 Å². The molecule has 0 atom stereocenters. The van der Waals surface area contributed by atoms with Crippen LogP contribution < -0.4 is 16.0 Å². The highest BCUT2D eigenvalue weighted by Gasteiger charge is 2.04. The quantitative estimate of drug-likeness (QED) is 0.127. The number of hydrogen-bond donors (Lipinski definition) is 3. The lowest BCUT2D eigenvalue weighted by atomic mass is 10.2. The first-order valence-corrected chi connectivity index (χ1v) is 9.76. The number of carbonyl (C=O) groups is 1. The van der Waals surface area contributed by atoms with Crippen molar-refractivity contribution in [1.29, 1.82) is 0 Å². The normalized spacial score (nSPS) is 10.4. The van der Waals surface area contributed by atoms with Crippen molar-refractivity contribution >= 4 is 53.3 Å². The van der Waals surface area contributed by atoms with Crippen molar-refractivity contribution in [1.82, 2.24) is 10.6 Å². The summed E-state index contributed by atoms with van der Waals surface area (Å²) in [6.45, 7) is 3.49. The van der Waals surface area contributed by atoms with Gasteiger partial charge in [-0.15, -0.1) is 42.2 Å². The summed E-state index contributed by atoms with van der Waals surface area (Å²) in [6, 6.07) is 17.4. The molecule has 2 aromatic carbocycles. The molecule has 0 radical (unpaired) electrons. The van der Waals surface area contributed by atoms with Gasteiger partial charge in [-0.05, 0) is 37.3 Å². The number of benzene rings is 2. The van der Waals surface area contributed by atoms with E-state index >= 15 is 0 Å². The van der Waals surface area contributed by atoms with Crippen LogP contribution in [0.5, 0.6) is 0 Å². The number of nitrogens with one attached hydrogen (secondary N) is 3. The van der Waals surface area contributed by atoms with E-state index in [0.717, 1.165) is 24.4 Å². The highest BCUT2D eigenvalue weighted by atomic mass is 127. The van der Waals surface area contributed by atoms with Crippen LogP contribution in [0.1, 0.15) is 12.5 Å². The lowest BCUT2D eigenvalue weighted by molar-refractivity contribution is -0.114. The first kappa shape index (κ1) is 23.9. The van der Waals surface area contributed by atoms with Gasteiger partial charge in [0, 0.05) is 35.0 Å². The Morgan fingerprint density at radius 1 is 1.14 bits per heavy atom. The Bertz CT molecular complexity index is 806. The van der Waals surface area contributed by atoms with Crippen molar-refractivity contribution in [2.45, 2.75) is 11.8 Å². The molecule has 0 spiro atoms. The second kappa shape index (κ2) is 13.9. The molecule has 7 heteroatoms. The molecule has 0 aliphatic heterocycles. The lowest BCUT2D eigenvalue weighted by Crippen LogP contribution is -2.39. The average Bonchev–Trinajstić information content (AvgIpc) is 2.70. The number of terminal acetylenes is 1. The van der Waals surface area contributed by atoms with E-state index in [-0.39, 0.29) is 36.4 Å². The molecule has 28 heavy (non-hydrogen) atoms. The third-order valence-corrected chi connectivity index (χ3v) is 4.46. The summed E-state index contributed by atoms with van der Waals surface area (Å²) < 4.78 is 0. The number of guanidine groups is 1. The molecule has 148 valence electrons. The van der Waals surface area contributed by atoms with E-state index in [2.05, 4.69) is 39.0 Å². The zero-order valence-electron chi connectivity index (χ0n) is 15.8. The minimum Gasteiger partial charge on any atom is -0.357 e. The third kappa shape index (κ3) is 9.15. The number of carbonyl (C=O) groups excluding carboxylic acids is 1. The molecule has 1 amide bonds. The molecule has 3 N–H and O–H groups in total. The minimum absolute atomic E-state index is 0. The molecular weight excluding hydrogens is 483 g/mol. The van der Waals surface area contributed by atoms with Crippen LogP contribution in [0.2, 0.25) is 0 Å². The number of rotatable bonds is 8. The van der Waals surface area contributed by atoms with E-state index in [9.17, 15) is 4.79 Å². The molecule has 0 fully saturated rings. The van der Waals surface area contributed by atoms with Crippen LogP contribution in [-0.4, -0.2) is 37.3 Å². The van der Waals surface area contributed by atoms with Crippen molar-refractivity contribution in [3.8, 4) is 12.3 Å². The Hall–Kier alpha value is -2.18. The van der Waals surface area contributed by atoms with Gasteiger partial charge in [0.2, 0.25) is 5.91 Å². The Balaban J connectivity index is 0.00000392. The lowest BCUT2D eigenvalue weighted by Gasteiger charge is -2.11. The van der Waals surface area contributed by atoms with E-state index < -0.39 is 0 Å². The van der Waals surface area contributed by atoms with Gasteiger partial charge in [0.25, 0.3) is 0 Å². The highest BCUT2D eigenvalue weighted by molar-refractivity contribution is 14.0. The second-order valence-electron chi connectivity index (χ2n) is 5.56. The summed E-state index contributed by atoms with van der Waals surface area (Å²) in [7, 11) is 0. The van der Waals surface area contributed by atoms with Crippen LogP contribution >= 0.6 is 35.7 Å². The van der Waals surface area contributed by atoms with Crippen LogP contribution in [0, 0.1) is 12.3 Å². The van der Waals surface area contributed by atoms with Crippen molar-refractivity contribution in [3.05, 3.63) is 60.2 Å². The van der Waals surface area contributed by atoms with Gasteiger partial charge in [-0.1, -0.05) is 30.2 Å². The molecule has 0 heterocycles. The fourth-order valence-corrected chi connectivity index (χ4v) is 3.02. The fraction of sp³-hybridized carbons (Fsp3) is 0.238. The van der Waals surface area contributed by atoms with Gasteiger partial charge in [-0.25, -0.2) is 4.99 Å². The van der Waals surface area contributed by atoms with Gasteiger partial charge in [0.15, 0.2) is 5.96 Å². The minimum atomic E-state index is -0.194. The van der Waals surface area contributed by atoms with Gasteiger partial charge >= 0.3 is 0 Å². The number of nitrogens with zero attached hydrogens (tertiary/aromatic N) is 1. The fourth-order valence-electron chi connectivity index (χ4n) is 2.23. The number of thioether (sulfide) groups is 1. The maximum atomic E-state index is 12.1. The smallest absolute Gasteiger partial charge is 0.246 e. The Morgan fingerprint density at radius 2 is 1.93 bits per heavy atom. The highest BCUT2D eigenvalue weighted by Crippen LogP contribution is 2.15. The van der Waals surface area contributed by atoms with Crippen LogP contribution in [0.3, 0.4) is 0 Å². The van der Waals surface area contributed by atoms with E-state index in [0.29, 0.717) is 11.6 Å². The van der Waals surface area contributed by atoms with E-state index in [1.807, 2.05) is 37.3 Å². The predicted octanol–water partition coefficient (Wildman–Crippen LogP) is 3.57. The molecule has 0 saturated heterocycles. The predicted molar refractivity (Wildman–Crippen MR) is 130 cm³/mol. The largest absolute Gasteiger partial charge is 0.357 e. The molecule has 0 aliphatic rings. The zero-order valence-corrected chi connectivity index (χ0v) is 18.9. The molecule has 0 saturated carbocycles. The van der Waals surface area contributed by atoms with Crippen molar-refractivity contribution < 1.29 is 4.79 Å². The number of anilines is 1. The van der Waals surface area contributed by atoms with Gasteiger partial charge in [-0.3, -0.25) is 4.79 Å². The van der Waals surface area contributed by atoms with Crippen LogP contribution in [0.4, 0.5) is 5.69 Å². The van der Waals surface area contributed by atoms with E-state index in [1.165, 1.54) is 4.90 Å². The summed E-state index contributed by atoms with van der Waals surface area (Å²) >= 11 is 1.77. The molecule has 0 unspecified atom stereocenters. The third-order valence-electron chi connectivity index (χ3n) is 3.44. The molecule has 0 aliphatic carbocycles. The summed E-state index contributed by atoms with van der Waals surface area (Å²) in [6.07, 6.45) is 5.37. The van der Waals surface area contributed by atoms with E-state index in [4.69, 9.17) is 6.42 Å². The maximum absolute atomic E-state index is 12.1. The van der Waals surface area contributed by atoms with Crippen LogP contribution in [-0.2, 0) is 4.79 Å². The molecule has 5 nitrogen and oxygen atoms in total. The first-order valence-electron chi connectivity index (χ1n) is 8.78. The summed E-state index contributed by atoms with van der Waals surface area (Å²) in [5, 5.41) is 9.18. The second-order valence-corrected chi connectivity index (χ2v) is 6.73. The number of hydrogen-bond acceptors (Lipinski definition) is 3. The summed E-state index contributed by atoms with van der Waals surface area (Å²) in [5.41, 5.74) is 1.39. The first-order chi connectivity index (χ1) is 13.2. The van der Waals surface area contributed by atoms with Crippen molar-refractivity contribution in [3.63, 3.8) is 0 Å². The molecular formula is C21H25IN4OS. The molecule has 0 aromatic heterocycles. The van der Waals surface area contributed by atoms with Crippen LogP contribution in [0.15, 0.2) is 64.5 Å². The van der Waals surface area contributed by atoms with Gasteiger partial charge in [0.1, 0.15) is 6.54 Å². The summed E-state index contributed by atoms with van der Waals surface area (Å²) in [4.78, 5) is 17.7. The monoisotopic (exact) mass is 508 g/mol. The van der Waals surface area contributed by atoms with Gasteiger partial charge in [0.05, 0.1) is 0 Å². The SMILES string of the molecule is C#Cc1cccc(NC(=O)CN=C(NCC)NCCSc2ccccc2)c1.I. The van der Waals surface area contributed by atoms with Crippen molar-refractivity contribution in [2.24, 2.45) is 4.99 Å². The number of aliphatic imine (C=N–C) groups is 1. The zero-order chi connectivity index (χ0) is 19.3. The topological polar surface area (TPSA) is 65.5 Å². The van der Waals surface area contributed by atoms with E-state index in [1.54, 1.807) is 23.9 Å².